The summed E-state index contributed by atoms with van der Waals surface area (Å²) in [5.41, 5.74) is 3.54. The van der Waals surface area contributed by atoms with E-state index in [1.54, 1.807) is 6.33 Å². The van der Waals surface area contributed by atoms with Crippen LogP contribution in [-0.2, 0) is 0 Å². The largest absolute Gasteiger partial charge is 0.370 e. The summed E-state index contributed by atoms with van der Waals surface area (Å²) in [5, 5.41) is 6.58. The van der Waals surface area contributed by atoms with Crippen molar-refractivity contribution in [3.63, 3.8) is 0 Å². The Hall–Kier alpha value is -2.10. The molecule has 19 heavy (non-hydrogen) atoms. The molecule has 0 spiro atoms. The van der Waals surface area contributed by atoms with Crippen molar-refractivity contribution in [3.8, 4) is 0 Å². The highest BCUT2D eigenvalue weighted by Gasteiger charge is 2.02. The van der Waals surface area contributed by atoms with E-state index in [0.29, 0.717) is 0 Å². The van der Waals surface area contributed by atoms with Crippen LogP contribution in [0.2, 0.25) is 0 Å². The van der Waals surface area contributed by atoms with Gasteiger partial charge in [-0.05, 0) is 31.9 Å². The highest BCUT2D eigenvalue weighted by atomic mass is 15.1. The molecule has 2 N–H and O–H groups in total. The molecule has 0 atom stereocenters. The van der Waals surface area contributed by atoms with Gasteiger partial charge in [0.05, 0.1) is 0 Å². The minimum Gasteiger partial charge on any atom is -0.370 e. The number of aromatic nitrogens is 2. The molecule has 0 amide bonds. The van der Waals surface area contributed by atoms with Crippen LogP contribution in [0.25, 0.3) is 0 Å². The average molecular weight is 256 g/mol. The summed E-state index contributed by atoms with van der Waals surface area (Å²) in [4.78, 5) is 8.44. The Balaban J connectivity index is 2.14. The molecule has 0 aliphatic rings. The Morgan fingerprint density at radius 1 is 1.05 bits per heavy atom. The maximum atomic E-state index is 4.24. The summed E-state index contributed by atoms with van der Waals surface area (Å²) < 4.78 is 0. The van der Waals surface area contributed by atoms with E-state index >= 15 is 0 Å². The molecule has 4 heteroatoms. The third-order valence-corrected chi connectivity index (χ3v) is 2.87. The molecular weight excluding hydrogens is 236 g/mol. The molecule has 1 heterocycles. The van der Waals surface area contributed by atoms with Crippen LogP contribution in [0.15, 0.2) is 30.6 Å². The van der Waals surface area contributed by atoms with Crippen molar-refractivity contribution in [3.05, 3.63) is 41.7 Å². The number of benzene rings is 1. The van der Waals surface area contributed by atoms with Crippen LogP contribution in [0, 0.1) is 13.8 Å². The fourth-order valence-electron chi connectivity index (χ4n) is 1.87. The number of hydrogen-bond donors (Lipinski definition) is 2. The monoisotopic (exact) mass is 256 g/mol. The maximum absolute atomic E-state index is 4.24. The topological polar surface area (TPSA) is 49.8 Å². The molecule has 0 unspecified atom stereocenters. The molecule has 0 aliphatic carbocycles. The van der Waals surface area contributed by atoms with E-state index in [1.807, 2.05) is 6.07 Å². The van der Waals surface area contributed by atoms with E-state index in [-0.39, 0.29) is 0 Å². The first-order chi connectivity index (χ1) is 9.19. The van der Waals surface area contributed by atoms with Gasteiger partial charge < -0.3 is 10.6 Å². The minimum atomic E-state index is 0.806. The highest BCUT2D eigenvalue weighted by molar-refractivity contribution is 5.62. The van der Waals surface area contributed by atoms with Gasteiger partial charge in [-0.1, -0.05) is 24.6 Å². The average Bonchev–Trinajstić information content (AvgIpc) is 2.40. The second-order valence-electron chi connectivity index (χ2n) is 4.66. The SMILES string of the molecule is CCCNc1cc(Nc2ccc(C)cc2C)ncn1. The summed E-state index contributed by atoms with van der Waals surface area (Å²) in [7, 11) is 0. The number of aryl methyl sites for hydroxylation is 2. The van der Waals surface area contributed by atoms with Crippen LogP contribution >= 0.6 is 0 Å². The van der Waals surface area contributed by atoms with E-state index in [4.69, 9.17) is 0 Å². The Morgan fingerprint density at radius 2 is 1.84 bits per heavy atom. The van der Waals surface area contributed by atoms with E-state index in [0.717, 1.165) is 30.3 Å². The van der Waals surface area contributed by atoms with Gasteiger partial charge in [-0.3, -0.25) is 0 Å². The molecule has 0 aliphatic heterocycles. The van der Waals surface area contributed by atoms with E-state index in [9.17, 15) is 0 Å². The summed E-state index contributed by atoms with van der Waals surface area (Å²) in [6.07, 6.45) is 2.65. The molecule has 1 aromatic carbocycles. The Kier molecular flexibility index (Phi) is 4.34. The van der Waals surface area contributed by atoms with Crippen LogP contribution in [-0.4, -0.2) is 16.5 Å². The van der Waals surface area contributed by atoms with Crippen molar-refractivity contribution in [2.24, 2.45) is 0 Å². The standard InChI is InChI=1S/C15H20N4/c1-4-7-16-14-9-15(18-10-17-14)19-13-6-5-11(2)8-12(13)3/h5-6,8-10H,4,7H2,1-3H3,(H2,16,17,18,19). The minimum absolute atomic E-state index is 0.806. The predicted molar refractivity (Wildman–Crippen MR) is 80.0 cm³/mol. The lowest BCUT2D eigenvalue weighted by Crippen LogP contribution is -2.03. The lowest BCUT2D eigenvalue weighted by Gasteiger charge is -2.10. The van der Waals surface area contributed by atoms with Crippen molar-refractivity contribution in [1.82, 2.24) is 9.97 Å². The van der Waals surface area contributed by atoms with Crippen LogP contribution in [0.5, 0.6) is 0 Å². The highest BCUT2D eigenvalue weighted by Crippen LogP contribution is 2.21. The Morgan fingerprint density at radius 3 is 2.58 bits per heavy atom. The van der Waals surface area contributed by atoms with Crippen LogP contribution < -0.4 is 10.6 Å². The summed E-state index contributed by atoms with van der Waals surface area (Å²) in [6.45, 7) is 7.23. The number of nitrogens with zero attached hydrogens (tertiary/aromatic N) is 2. The van der Waals surface area contributed by atoms with Crippen molar-refractivity contribution in [2.75, 3.05) is 17.2 Å². The van der Waals surface area contributed by atoms with Gasteiger partial charge in [0.1, 0.15) is 18.0 Å². The Labute approximate surface area is 114 Å². The second-order valence-corrected chi connectivity index (χ2v) is 4.66. The third kappa shape index (κ3) is 3.68. The van der Waals surface area contributed by atoms with Crippen molar-refractivity contribution < 1.29 is 0 Å². The van der Waals surface area contributed by atoms with E-state index in [1.165, 1.54) is 11.1 Å². The maximum Gasteiger partial charge on any atom is 0.135 e. The van der Waals surface area contributed by atoms with Gasteiger partial charge in [-0.2, -0.15) is 0 Å². The summed E-state index contributed by atoms with van der Waals surface area (Å²) in [6, 6.07) is 8.24. The van der Waals surface area contributed by atoms with Crippen LogP contribution in [0.1, 0.15) is 24.5 Å². The zero-order valence-electron chi connectivity index (χ0n) is 11.7. The lowest BCUT2D eigenvalue weighted by atomic mass is 10.1. The second kappa shape index (κ2) is 6.18. The fourth-order valence-corrected chi connectivity index (χ4v) is 1.87. The van der Waals surface area contributed by atoms with Crippen molar-refractivity contribution >= 4 is 17.3 Å². The number of anilines is 3. The van der Waals surface area contributed by atoms with Crippen molar-refractivity contribution in [1.29, 1.82) is 0 Å². The van der Waals surface area contributed by atoms with Gasteiger partial charge in [0.25, 0.3) is 0 Å². The number of hydrogen-bond acceptors (Lipinski definition) is 4. The molecule has 0 bridgehead atoms. The zero-order chi connectivity index (χ0) is 13.7. The zero-order valence-corrected chi connectivity index (χ0v) is 11.7. The van der Waals surface area contributed by atoms with Gasteiger partial charge in [0, 0.05) is 18.3 Å². The number of rotatable bonds is 5. The first-order valence-corrected chi connectivity index (χ1v) is 6.59. The van der Waals surface area contributed by atoms with Gasteiger partial charge in [-0.15, -0.1) is 0 Å². The molecule has 100 valence electrons. The molecule has 4 nitrogen and oxygen atoms in total. The quantitative estimate of drug-likeness (QED) is 0.857. The van der Waals surface area contributed by atoms with Gasteiger partial charge >= 0.3 is 0 Å². The Bertz CT molecular complexity index is 552. The fraction of sp³-hybridized carbons (Fsp3) is 0.333. The molecule has 1 aromatic heterocycles. The number of nitrogens with one attached hydrogen (secondary N) is 2. The third-order valence-electron chi connectivity index (χ3n) is 2.87. The molecular formula is C15H20N4. The molecule has 0 fully saturated rings. The summed E-state index contributed by atoms with van der Waals surface area (Å²) in [5.74, 6) is 1.66. The summed E-state index contributed by atoms with van der Waals surface area (Å²) >= 11 is 0. The lowest BCUT2D eigenvalue weighted by molar-refractivity contribution is 0.965. The van der Waals surface area contributed by atoms with E-state index < -0.39 is 0 Å². The normalized spacial score (nSPS) is 10.3. The molecule has 2 aromatic rings. The van der Waals surface area contributed by atoms with Crippen molar-refractivity contribution in [2.45, 2.75) is 27.2 Å². The van der Waals surface area contributed by atoms with Gasteiger partial charge in [0.2, 0.25) is 0 Å². The van der Waals surface area contributed by atoms with Crippen LogP contribution in [0.4, 0.5) is 17.3 Å². The first-order valence-electron chi connectivity index (χ1n) is 6.59. The molecule has 0 saturated carbocycles. The van der Waals surface area contributed by atoms with E-state index in [2.05, 4.69) is 59.6 Å². The molecule has 2 rings (SSSR count). The first kappa shape index (κ1) is 13.3. The van der Waals surface area contributed by atoms with Gasteiger partial charge in [-0.25, -0.2) is 9.97 Å². The predicted octanol–water partition coefficient (Wildman–Crippen LogP) is 3.66. The smallest absolute Gasteiger partial charge is 0.135 e. The van der Waals surface area contributed by atoms with Gasteiger partial charge in [0.15, 0.2) is 0 Å². The van der Waals surface area contributed by atoms with Crippen LogP contribution in [0.3, 0.4) is 0 Å². The molecule has 0 saturated heterocycles. The molecule has 0 radical (unpaired) electrons.